The largest absolute Gasteiger partial charge is 0.396 e. The summed E-state index contributed by atoms with van der Waals surface area (Å²) in [5.74, 6) is 1.24. The summed E-state index contributed by atoms with van der Waals surface area (Å²) in [5.41, 5.74) is 7.87. The Balaban J connectivity index is 0.000000407. The zero-order valence-corrected chi connectivity index (χ0v) is 26.2. The van der Waals surface area contributed by atoms with E-state index in [1.807, 2.05) is 34.0 Å². The number of ketones is 1. The Bertz CT molecular complexity index is 827. The minimum Gasteiger partial charge on any atom is -0.396 e. The van der Waals surface area contributed by atoms with Crippen LogP contribution in [0.25, 0.3) is 0 Å². The fourth-order valence-electron chi connectivity index (χ4n) is 4.67. The van der Waals surface area contributed by atoms with E-state index < -0.39 is 0 Å². The Labute approximate surface area is 243 Å². The van der Waals surface area contributed by atoms with Crippen LogP contribution in [-0.2, 0) is 9.53 Å². The van der Waals surface area contributed by atoms with E-state index in [1.54, 1.807) is 18.7 Å². The lowest BCUT2D eigenvalue weighted by Gasteiger charge is -2.31. The van der Waals surface area contributed by atoms with Gasteiger partial charge in [0.05, 0.1) is 29.9 Å². The van der Waals surface area contributed by atoms with Gasteiger partial charge in [0, 0.05) is 64.0 Å². The Morgan fingerprint density at radius 2 is 1.95 bits per heavy atom. The molecule has 3 aliphatic rings. The fourth-order valence-corrected chi connectivity index (χ4v) is 6.05. The third-order valence-corrected chi connectivity index (χ3v) is 8.10. The topological polar surface area (TPSA) is 82.9 Å². The molecule has 0 aliphatic carbocycles. The van der Waals surface area contributed by atoms with Crippen molar-refractivity contribution in [3.05, 3.63) is 59.5 Å². The van der Waals surface area contributed by atoms with Crippen LogP contribution >= 0.6 is 11.8 Å². The number of nitrogens with zero attached hydrogens (tertiary/aromatic N) is 2. The summed E-state index contributed by atoms with van der Waals surface area (Å²) < 4.78 is 5.40. The first-order valence-electron chi connectivity index (χ1n) is 14.6. The molecule has 3 rings (SSSR count). The monoisotopic (exact) mass is 561 g/mol. The van der Waals surface area contributed by atoms with E-state index in [-0.39, 0.29) is 11.0 Å². The third kappa shape index (κ3) is 13.8. The van der Waals surface area contributed by atoms with Gasteiger partial charge in [-0.1, -0.05) is 51.2 Å². The Morgan fingerprint density at radius 1 is 1.28 bits per heavy atom. The molecule has 8 heteroatoms. The SMILES string of the molecule is C/C=C(\C(N)=C/NC)N1CCNCC1.C=CC(C/C=C/C1=CC(C)CC(C(C)=O)S1)CN1CCOCC1.CC. The van der Waals surface area contributed by atoms with E-state index in [9.17, 15) is 4.79 Å². The summed E-state index contributed by atoms with van der Waals surface area (Å²) in [6, 6.07) is 0. The van der Waals surface area contributed by atoms with Gasteiger partial charge >= 0.3 is 0 Å². The molecule has 39 heavy (non-hydrogen) atoms. The third-order valence-electron chi connectivity index (χ3n) is 6.74. The highest BCUT2D eigenvalue weighted by atomic mass is 32.2. The first-order valence-corrected chi connectivity index (χ1v) is 15.5. The van der Waals surface area contributed by atoms with Crippen molar-refractivity contribution in [2.24, 2.45) is 17.6 Å². The molecule has 0 amide bonds. The molecule has 0 radical (unpaired) electrons. The van der Waals surface area contributed by atoms with E-state index in [4.69, 9.17) is 10.5 Å². The molecule has 3 unspecified atom stereocenters. The maximum absolute atomic E-state index is 11.6. The summed E-state index contributed by atoms with van der Waals surface area (Å²) in [4.78, 5) is 17.6. The van der Waals surface area contributed by atoms with E-state index in [0.717, 1.165) is 83.3 Å². The molecular weight excluding hydrogens is 506 g/mol. The highest BCUT2D eigenvalue weighted by molar-refractivity contribution is 8.04. The van der Waals surface area contributed by atoms with Crippen LogP contribution in [0.2, 0.25) is 0 Å². The maximum Gasteiger partial charge on any atom is 0.143 e. The number of allylic oxidation sites excluding steroid dienone is 4. The van der Waals surface area contributed by atoms with Crippen molar-refractivity contribution >= 4 is 17.5 Å². The highest BCUT2D eigenvalue weighted by Crippen LogP contribution is 2.35. The van der Waals surface area contributed by atoms with Crippen LogP contribution in [0.1, 0.15) is 47.5 Å². The van der Waals surface area contributed by atoms with Crippen molar-refractivity contribution < 1.29 is 9.53 Å². The van der Waals surface area contributed by atoms with Crippen molar-refractivity contribution in [3.8, 4) is 0 Å². The standard InChI is InChI=1S/C19H29NO2S.C10H20N4.C2H6/c1-4-17(14-20-8-10-22-11-9-20)6-5-7-18-12-15(2)13-19(23-18)16(3)21;1-3-10(9(11)8-12-2)14-6-4-13-5-7-14;1-2/h4-5,7,12,15,17,19H,1,6,8-11,13-14H2,2-3H3;3,8,12-13H,4-7,11H2,1-2H3;1-2H3/b7-5+;9-8+,10-3+;. The number of carbonyl (C=O) groups excluding carboxylic acids is 1. The molecule has 0 aromatic rings. The summed E-state index contributed by atoms with van der Waals surface area (Å²) in [6.07, 6.45) is 14.6. The highest BCUT2D eigenvalue weighted by Gasteiger charge is 2.23. The van der Waals surface area contributed by atoms with Gasteiger partial charge in [-0.2, -0.15) is 0 Å². The number of ether oxygens (including phenoxy) is 1. The van der Waals surface area contributed by atoms with Crippen molar-refractivity contribution in [2.45, 2.75) is 52.7 Å². The molecule has 0 bridgehead atoms. The predicted octanol–water partition coefficient (Wildman–Crippen LogP) is 4.52. The summed E-state index contributed by atoms with van der Waals surface area (Å²) in [7, 11) is 1.86. The molecular formula is C31H55N5O2S. The molecule has 4 N–H and O–H groups in total. The number of hydrogen-bond acceptors (Lipinski definition) is 8. The zero-order valence-electron chi connectivity index (χ0n) is 25.4. The van der Waals surface area contributed by atoms with Crippen LogP contribution in [0.5, 0.6) is 0 Å². The molecule has 2 saturated heterocycles. The second kappa shape index (κ2) is 20.8. The molecule has 0 aromatic heterocycles. The lowest BCUT2D eigenvalue weighted by atomic mass is 10.0. The van der Waals surface area contributed by atoms with Gasteiger partial charge in [0.15, 0.2) is 0 Å². The van der Waals surface area contributed by atoms with Gasteiger partial charge in [0.1, 0.15) is 5.78 Å². The van der Waals surface area contributed by atoms with Gasteiger partial charge in [0.2, 0.25) is 0 Å². The Kier molecular flexibility index (Phi) is 18.7. The Hall–Kier alpha value is -2.00. The molecule has 222 valence electrons. The van der Waals surface area contributed by atoms with Gasteiger partial charge in [0.25, 0.3) is 0 Å². The number of carbonyl (C=O) groups is 1. The second-order valence-corrected chi connectivity index (χ2v) is 11.1. The fraction of sp³-hybridized carbons (Fsp3) is 0.645. The van der Waals surface area contributed by atoms with E-state index in [2.05, 4.69) is 64.3 Å². The number of nitrogens with one attached hydrogen (secondary N) is 2. The van der Waals surface area contributed by atoms with Gasteiger partial charge in [-0.25, -0.2) is 0 Å². The molecule has 0 aromatic carbocycles. The summed E-state index contributed by atoms with van der Waals surface area (Å²) in [6.45, 7) is 22.8. The predicted molar refractivity (Wildman–Crippen MR) is 170 cm³/mol. The molecule has 0 spiro atoms. The first-order chi connectivity index (χ1) is 18.9. The molecule has 0 saturated carbocycles. The molecule has 3 heterocycles. The van der Waals surface area contributed by atoms with Crippen LogP contribution in [0.15, 0.2) is 59.5 Å². The second-order valence-electron chi connectivity index (χ2n) is 9.85. The number of thioether (sulfide) groups is 1. The van der Waals surface area contributed by atoms with Crippen molar-refractivity contribution in [1.29, 1.82) is 0 Å². The number of hydrogen-bond donors (Lipinski definition) is 3. The average molecular weight is 562 g/mol. The number of nitrogens with two attached hydrogens (primary N) is 1. The molecule has 3 aliphatic heterocycles. The van der Waals surface area contributed by atoms with Crippen LogP contribution < -0.4 is 16.4 Å². The summed E-state index contributed by atoms with van der Waals surface area (Å²) in [5, 5.41) is 6.39. The maximum atomic E-state index is 11.6. The number of Topliss-reactive ketones (excluding diaryl/α,β-unsaturated/α-hetero) is 1. The Morgan fingerprint density at radius 3 is 2.51 bits per heavy atom. The van der Waals surface area contributed by atoms with Crippen LogP contribution in [-0.4, -0.2) is 86.9 Å². The number of rotatable bonds is 10. The van der Waals surface area contributed by atoms with Crippen molar-refractivity contribution in [2.75, 3.05) is 66.1 Å². The van der Waals surface area contributed by atoms with Crippen LogP contribution in [0, 0.1) is 11.8 Å². The van der Waals surface area contributed by atoms with E-state index in [0.29, 0.717) is 11.8 Å². The van der Waals surface area contributed by atoms with Crippen LogP contribution in [0.4, 0.5) is 0 Å². The normalized spacial score (nSPS) is 23.5. The molecule has 2 fully saturated rings. The quantitative estimate of drug-likeness (QED) is 0.265. The van der Waals surface area contributed by atoms with Crippen molar-refractivity contribution in [3.63, 3.8) is 0 Å². The van der Waals surface area contributed by atoms with Gasteiger partial charge < -0.3 is 26.0 Å². The van der Waals surface area contributed by atoms with Gasteiger partial charge in [-0.3, -0.25) is 9.69 Å². The minimum atomic E-state index is 0.123. The molecule has 3 atom stereocenters. The average Bonchev–Trinajstić information content (AvgIpc) is 2.95. The van der Waals surface area contributed by atoms with Gasteiger partial charge in [-0.05, 0) is 38.5 Å². The minimum absolute atomic E-state index is 0.123. The van der Waals surface area contributed by atoms with E-state index >= 15 is 0 Å². The van der Waals surface area contributed by atoms with E-state index in [1.165, 1.54) is 4.91 Å². The van der Waals surface area contributed by atoms with Crippen LogP contribution in [0.3, 0.4) is 0 Å². The first kappa shape index (κ1) is 35.0. The summed E-state index contributed by atoms with van der Waals surface area (Å²) >= 11 is 1.71. The smallest absolute Gasteiger partial charge is 0.143 e. The number of piperazine rings is 1. The lowest BCUT2D eigenvalue weighted by Crippen LogP contribution is -2.43. The van der Waals surface area contributed by atoms with Crippen molar-refractivity contribution in [1.82, 2.24) is 20.4 Å². The lowest BCUT2D eigenvalue weighted by molar-refractivity contribution is -0.116. The number of morpholine rings is 1. The zero-order chi connectivity index (χ0) is 29.0. The van der Waals surface area contributed by atoms with Gasteiger partial charge in [-0.15, -0.1) is 18.3 Å². The molecule has 7 nitrogen and oxygen atoms in total.